The second kappa shape index (κ2) is 5.82. The van der Waals surface area contributed by atoms with Gasteiger partial charge >= 0.3 is 0 Å². The summed E-state index contributed by atoms with van der Waals surface area (Å²) in [4.78, 5) is 16.1. The predicted molar refractivity (Wildman–Crippen MR) is 68.6 cm³/mol. The van der Waals surface area contributed by atoms with E-state index in [1.165, 1.54) is 5.56 Å². The summed E-state index contributed by atoms with van der Waals surface area (Å²) in [6.45, 7) is 6.32. The van der Waals surface area contributed by atoms with Crippen LogP contribution in [0.4, 0.5) is 0 Å². The third-order valence-electron chi connectivity index (χ3n) is 3.14. The van der Waals surface area contributed by atoms with E-state index in [1.54, 1.807) is 0 Å². The number of benzene rings is 1. The van der Waals surface area contributed by atoms with E-state index in [4.69, 9.17) is 0 Å². The van der Waals surface area contributed by atoms with Gasteiger partial charge in [0.25, 0.3) is 0 Å². The number of hydrogen-bond acceptors (Lipinski definition) is 2. The Hall–Kier alpha value is -1.35. The molecule has 1 aromatic rings. The zero-order valence-electron chi connectivity index (χ0n) is 10.4. The molecule has 92 valence electrons. The molecular formula is C14H20N2O. The Labute approximate surface area is 103 Å². The number of nitrogens with zero attached hydrogens (tertiary/aromatic N) is 2. The van der Waals surface area contributed by atoms with Crippen LogP contribution in [0.25, 0.3) is 0 Å². The summed E-state index contributed by atoms with van der Waals surface area (Å²) < 4.78 is 0. The number of piperazine rings is 1. The van der Waals surface area contributed by atoms with Gasteiger partial charge in [0.1, 0.15) is 0 Å². The van der Waals surface area contributed by atoms with Crippen LogP contribution in [0.3, 0.4) is 0 Å². The lowest BCUT2D eigenvalue weighted by atomic mass is 10.2. The standard InChI is InChI=1S/C14H20N2O/c1-2-8-16-10-9-15(12-14(16)17)11-13-6-4-3-5-7-13/h3-7H,2,8-12H2,1H3. The van der Waals surface area contributed by atoms with Gasteiger partial charge in [-0.25, -0.2) is 0 Å². The maximum atomic E-state index is 11.9. The minimum atomic E-state index is 0.272. The first kappa shape index (κ1) is 12.1. The van der Waals surface area contributed by atoms with Crippen molar-refractivity contribution in [2.45, 2.75) is 19.9 Å². The highest BCUT2D eigenvalue weighted by Gasteiger charge is 2.22. The molecule has 0 atom stereocenters. The zero-order valence-corrected chi connectivity index (χ0v) is 10.4. The fourth-order valence-corrected chi connectivity index (χ4v) is 2.24. The van der Waals surface area contributed by atoms with Gasteiger partial charge in [-0.05, 0) is 12.0 Å². The van der Waals surface area contributed by atoms with Crippen molar-refractivity contribution in [3.05, 3.63) is 35.9 Å². The summed E-state index contributed by atoms with van der Waals surface area (Å²) >= 11 is 0. The molecule has 0 spiro atoms. The molecule has 1 amide bonds. The lowest BCUT2D eigenvalue weighted by Crippen LogP contribution is -2.49. The van der Waals surface area contributed by atoms with Crippen LogP contribution in [-0.2, 0) is 11.3 Å². The summed E-state index contributed by atoms with van der Waals surface area (Å²) in [7, 11) is 0. The number of carbonyl (C=O) groups is 1. The van der Waals surface area contributed by atoms with Crippen LogP contribution < -0.4 is 0 Å². The maximum Gasteiger partial charge on any atom is 0.236 e. The number of rotatable bonds is 4. The normalized spacial score (nSPS) is 17.5. The largest absolute Gasteiger partial charge is 0.340 e. The molecule has 1 aromatic carbocycles. The van der Waals surface area contributed by atoms with E-state index in [1.807, 2.05) is 23.1 Å². The molecule has 2 rings (SSSR count). The van der Waals surface area contributed by atoms with E-state index in [0.717, 1.165) is 32.6 Å². The molecule has 0 N–H and O–H groups in total. The molecule has 1 aliphatic heterocycles. The molecule has 3 nitrogen and oxygen atoms in total. The van der Waals surface area contributed by atoms with Gasteiger partial charge in [-0.15, -0.1) is 0 Å². The fourth-order valence-electron chi connectivity index (χ4n) is 2.24. The Morgan fingerprint density at radius 1 is 1.18 bits per heavy atom. The average molecular weight is 232 g/mol. The van der Waals surface area contributed by atoms with Crippen molar-refractivity contribution in [1.82, 2.24) is 9.80 Å². The van der Waals surface area contributed by atoms with Crippen LogP contribution in [0, 0.1) is 0 Å². The third-order valence-corrected chi connectivity index (χ3v) is 3.14. The molecule has 0 unspecified atom stereocenters. The average Bonchev–Trinajstić information content (AvgIpc) is 2.34. The summed E-state index contributed by atoms with van der Waals surface area (Å²) in [5.41, 5.74) is 1.28. The van der Waals surface area contributed by atoms with Crippen molar-refractivity contribution in [3.63, 3.8) is 0 Å². The van der Waals surface area contributed by atoms with Crippen molar-refractivity contribution in [3.8, 4) is 0 Å². The van der Waals surface area contributed by atoms with E-state index in [2.05, 4.69) is 24.0 Å². The summed E-state index contributed by atoms with van der Waals surface area (Å²) in [6, 6.07) is 10.3. The Morgan fingerprint density at radius 2 is 1.94 bits per heavy atom. The molecule has 0 aromatic heterocycles. The van der Waals surface area contributed by atoms with Gasteiger partial charge < -0.3 is 4.90 Å². The van der Waals surface area contributed by atoms with Gasteiger partial charge in [0.15, 0.2) is 0 Å². The maximum absolute atomic E-state index is 11.9. The van der Waals surface area contributed by atoms with Crippen molar-refractivity contribution in [1.29, 1.82) is 0 Å². The highest BCUT2D eigenvalue weighted by molar-refractivity contribution is 5.79. The van der Waals surface area contributed by atoms with E-state index >= 15 is 0 Å². The highest BCUT2D eigenvalue weighted by Crippen LogP contribution is 2.09. The van der Waals surface area contributed by atoms with Crippen molar-refractivity contribution in [2.75, 3.05) is 26.2 Å². The van der Waals surface area contributed by atoms with E-state index in [9.17, 15) is 4.79 Å². The third kappa shape index (κ3) is 3.30. The Kier molecular flexibility index (Phi) is 4.15. The Balaban J connectivity index is 1.87. The van der Waals surface area contributed by atoms with Crippen LogP contribution in [0.1, 0.15) is 18.9 Å². The summed E-state index contributed by atoms with van der Waals surface area (Å²) in [6.07, 6.45) is 1.05. The van der Waals surface area contributed by atoms with Gasteiger partial charge in [-0.2, -0.15) is 0 Å². The quantitative estimate of drug-likeness (QED) is 0.789. The molecule has 17 heavy (non-hydrogen) atoms. The van der Waals surface area contributed by atoms with Crippen LogP contribution in [0.2, 0.25) is 0 Å². The Bertz CT molecular complexity index is 364. The minimum Gasteiger partial charge on any atom is -0.340 e. The SMILES string of the molecule is CCCN1CCN(Cc2ccccc2)CC1=O. The van der Waals surface area contributed by atoms with Gasteiger partial charge in [0.2, 0.25) is 5.91 Å². The molecule has 1 fully saturated rings. The van der Waals surface area contributed by atoms with Gasteiger partial charge in [0, 0.05) is 26.2 Å². The molecule has 3 heteroatoms. The highest BCUT2D eigenvalue weighted by atomic mass is 16.2. The number of carbonyl (C=O) groups excluding carboxylic acids is 1. The molecule has 1 saturated heterocycles. The first-order chi connectivity index (χ1) is 8.29. The molecule has 1 heterocycles. The van der Waals surface area contributed by atoms with Crippen molar-refractivity contribution < 1.29 is 4.79 Å². The van der Waals surface area contributed by atoms with Crippen LogP contribution in [-0.4, -0.2) is 41.9 Å². The molecule has 0 aliphatic carbocycles. The predicted octanol–water partition coefficient (Wildman–Crippen LogP) is 1.74. The first-order valence-corrected chi connectivity index (χ1v) is 6.33. The summed E-state index contributed by atoms with van der Waals surface area (Å²) in [5.74, 6) is 0.272. The van der Waals surface area contributed by atoms with Crippen LogP contribution >= 0.6 is 0 Å². The van der Waals surface area contributed by atoms with Crippen LogP contribution in [0.5, 0.6) is 0 Å². The van der Waals surface area contributed by atoms with Crippen molar-refractivity contribution in [2.24, 2.45) is 0 Å². The fraction of sp³-hybridized carbons (Fsp3) is 0.500. The zero-order chi connectivity index (χ0) is 12.1. The van der Waals surface area contributed by atoms with E-state index in [-0.39, 0.29) is 5.91 Å². The van der Waals surface area contributed by atoms with Gasteiger partial charge in [-0.1, -0.05) is 37.3 Å². The first-order valence-electron chi connectivity index (χ1n) is 6.33. The number of amides is 1. The topological polar surface area (TPSA) is 23.6 Å². The van der Waals surface area contributed by atoms with E-state index in [0.29, 0.717) is 6.54 Å². The minimum absolute atomic E-state index is 0.272. The van der Waals surface area contributed by atoms with Crippen molar-refractivity contribution >= 4 is 5.91 Å². The van der Waals surface area contributed by atoms with E-state index < -0.39 is 0 Å². The van der Waals surface area contributed by atoms with Gasteiger partial charge in [-0.3, -0.25) is 9.69 Å². The molecule has 0 bridgehead atoms. The second-order valence-electron chi connectivity index (χ2n) is 4.58. The Morgan fingerprint density at radius 3 is 2.59 bits per heavy atom. The van der Waals surface area contributed by atoms with Crippen LogP contribution in [0.15, 0.2) is 30.3 Å². The van der Waals surface area contributed by atoms with Gasteiger partial charge in [0.05, 0.1) is 6.54 Å². The molecular weight excluding hydrogens is 212 g/mol. The monoisotopic (exact) mass is 232 g/mol. The number of hydrogen-bond donors (Lipinski definition) is 0. The lowest BCUT2D eigenvalue weighted by Gasteiger charge is -2.34. The molecule has 0 radical (unpaired) electrons. The molecule has 1 aliphatic rings. The summed E-state index contributed by atoms with van der Waals surface area (Å²) in [5, 5.41) is 0. The smallest absolute Gasteiger partial charge is 0.236 e. The second-order valence-corrected chi connectivity index (χ2v) is 4.58. The lowest BCUT2D eigenvalue weighted by molar-refractivity contribution is -0.136. The molecule has 0 saturated carbocycles.